The van der Waals surface area contributed by atoms with Gasteiger partial charge in [-0.25, -0.2) is 8.93 Å². The summed E-state index contributed by atoms with van der Waals surface area (Å²) in [7, 11) is -0.0190. The Morgan fingerprint density at radius 3 is 2.24 bits per heavy atom. The maximum Gasteiger partial charge on any atom is 0.311 e. The van der Waals surface area contributed by atoms with E-state index in [1.165, 1.54) is 7.11 Å². The standard InChI is InChI=1S/C18H27BrClNO3S/c1-11(2)15(16(22)24-7)18(6,21-25(23)17(3,4)5)12-8-9-13(19)14(20)10-12/h8-11,15,21H,1-7H3. The quantitative estimate of drug-likeness (QED) is 0.630. The van der Waals surface area contributed by atoms with E-state index < -0.39 is 27.2 Å². The van der Waals surface area contributed by atoms with Crippen LogP contribution in [0.25, 0.3) is 0 Å². The van der Waals surface area contributed by atoms with E-state index in [1.54, 1.807) is 6.07 Å². The second-order valence-electron chi connectivity index (χ2n) is 7.56. The molecule has 142 valence electrons. The molecule has 1 N–H and O–H groups in total. The first kappa shape index (κ1) is 22.6. The zero-order chi connectivity index (χ0) is 19.6. The first-order valence-corrected chi connectivity index (χ1v) is 10.4. The van der Waals surface area contributed by atoms with Crippen LogP contribution in [0.5, 0.6) is 0 Å². The van der Waals surface area contributed by atoms with Gasteiger partial charge in [0.05, 0.1) is 39.3 Å². The zero-order valence-electron chi connectivity index (χ0n) is 15.8. The average molecular weight is 453 g/mol. The summed E-state index contributed by atoms with van der Waals surface area (Å²) >= 11 is 9.66. The van der Waals surface area contributed by atoms with Gasteiger partial charge in [0.1, 0.15) is 0 Å². The Morgan fingerprint density at radius 1 is 1.28 bits per heavy atom. The molecule has 1 aromatic carbocycles. The summed E-state index contributed by atoms with van der Waals surface area (Å²) in [5.41, 5.74) is -0.133. The van der Waals surface area contributed by atoms with Gasteiger partial charge < -0.3 is 4.74 Å². The molecular weight excluding hydrogens is 426 g/mol. The van der Waals surface area contributed by atoms with Gasteiger partial charge in [-0.1, -0.05) is 31.5 Å². The van der Waals surface area contributed by atoms with Gasteiger partial charge in [-0.15, -0.1) is 0 Å². The molecule has 3 unspecified atom stereocenters. The SMILES string of the molecule is COC(=O)C(C(C)C)C(C)(NS(=O)C(C)(C)C)c1ccc(Br)c(Cl)c1. The van der Waals surface area contributed by atoms with E-state index in [0.717, 1.165) is 10.0 Å². The summed E-state index contributed by atoms with van der Waals surface area (Å²) < 4.78 is 21.4. The van der Waals surface area contributed by atoms with Gasteiger partial charge >= 0.3 is 5.97 Å². The van der Waals surface area contributed by atoms with Crippen molar-refractivity contribution < 1.29 is 13.7 Å². The number of halogens is 2. The lowest BCUT2D eigenvalue weighted by Crippen LogP contribution is -2.54. The predicted octanol–water partition coefficient (Wildman–Crippen LogP) is 4.81. The molecule has 0 saturated carbocycles. The number of hydrogen-bond donors (Lipinski definition) is 1. The number of esters is 1. The molecule has 0 aliphatic carbocycles. The fraction of sp³-hybridized carbons (Fsp3) is 0.611. The minimum atomic E-state index is -1.39. The number of ether oxygens (including phenoxy) is 1. The summed E-state index contributed by atoms with van der Waals surface area (Å²) in [5.74, 6) is -0.930. The van der Waals surface area contributed by atoms with Crippen LogP contribution in [0.2, 0.25) is 5.02 Å². The molecule has 3 atom stereocenters. The van der Waals surface area contributed by atoms with Crippen LogP contribution < -0.4 is 4.72 Å². The lowest BCUT2D eigenvalue weighted by Gasteiger charge is -2.40. The van der Waals surface area contributed by atoms with Crippen LogP contribution in [0.15, 0.2) is 22.7 Å². The molecule has 0 amide bonds. The molecule has 0 bridgehead atoms. The molecule has 0 saturated heterocycles. The average Bonchev–Trinajstić information content (AvgIpc) is 2.48. The third kappa shape index (κ3) is 5.28. The van der Waals surface area contributed by atoms with Crippen LogP contribution in [0.3, 0.4) is 0 Å². The molecule has 0 aliphatic heterocycles. The van der Waals surface area contributed by atoms with Gasteiger partial charge in [-0.05, 0) is 67.2 Å². The fourth-order valence-electron chi connectivity index (χ4n) is 2.77. The van der Waals surface area contributed by atoms with Gasteiger partial charge in [0.25, 0.3) is 0 Å². The lowest BCUT2D eigenvalue weighted by molar-refractivity contribution is -0.150. The second kappa shape index (κ2) is 8.51. The van der Waals surface area contributed by atoms with E-state index in [0.29, 0.717) is 5.02 Å². The summed E-state index contributed by atoms with van der Waals surface area (Å²) in [6.45, 7) is 11.4. The number of hydrogen-bond acceptors (Lipinski definition) is 3. The molecule has 7 heteroatoms. The first-order chi connectivity index (χ1) is 11.3. The monoisotopic (exact) mass is 451 g/mol. The van der Waals surface area contributed by atoms with E-state index in [1.807, 2.05) is 53.7 Å². The summed E-state index contributed by atoms with van der Waals surface area (Å²) in [6, 6.07) is 5.49. The Labute approximate surface area is 166 Å². The van der Waals surface area contributed by atoms with Crippen LogP contribution in [-0.4, -0.2) is 22.0 Å². The summed E-state index contributed by atoms with van der Waals surface area (Å²) in [4.78, 5) is 12.6. The maximum absolute atomic E-state index is 12.8. The highest BCUT2D eigenvalue weighted by Crippen LogP contribution is 2.38. The Morgan fingerprint density at radius 2 is 1.84 bits per heavy atom. The van der Waals surface area contributed by atoms with E-state index >= 15 is 0 Å². The van der Waals surface area contributed by atoms with Crippen LogP contribution in [-0.2, 0) is 26.1 Å². The maximum atomic E-state index is 12.8. The Hall–Kier alpha value is -0.430. The molecule has 0 aliphatic rings. The van der Waals surface area contributed by atoms with Crippen LogP contribution in [0, 0.1) is 11.8 Å². The van der Waals surface area contributed by atoms with Crippen molar-refractivity contribution in [3.8, 4) is 0 Å². The lowest BCUT2D eigenvalue weighted by atomic mass is 9.74. The van der Waals surface area contributed by atoms with Gasteiger partial charge in [-0.3, -0.25) is 4.79 Å². The van der Waals surface area contributed by atoms with E-state index in [4.69, 9.17) is 16.3 Å². The summed E-state index contributed by atoms with van der Waals surface area (Å²) in [5, 5.41) is 0.527. The highest BCUT2D eigenvalue weighted by molar-refractivity contribution is 9.10. The van der Waals surface area contributed by atoms with Crippen molar-refractivity contribution >= 4 is 44.5 Å². The zero-order valence-corrected chi connectivity index (χ0v) is 18.9. The number of methoxy groups -OCH3 is 1. The van der Waals surface area contributed by atoms with E-state index in [2.05, 4.69) is 20.7 Å². The Kier molecular flexibility index (Phi) is 7.69. The molecule has 0 radical (unpaired) electrons. The highest BCUT2D eigenvalue weighted by Gasteiger charge is 2.45. The number of benzene rings is 1. The molecule has 0 spiro atoms. The van der Waals surface area contributed by atoms with Gasteiger partial charge in [0.2, 0.25) is 0 Å². The minimum absolute atomic E-state index is 0.0376. The Bertz CT molecular complexity index is 660. The molecule has 0 aromatic heterocycles. The first-order valence-electron chi connectivity index (χ1n) is 8.07. The molecule has 4 nitrogen and oxygen atoms in total. The molecular formula is C18H27BrClNO3S. The van der Waals surface area contributed by atoms with Crippen molar-refractivity contribution in [2.24, 2.45) is 11.8 Å². The number of carbonyl (C=O) groups is 1. The van der Waals surface area contributed by atoms with E-state index in [9.17, 15) is 9.00 Å². The van der Waals surface area contributed by atoms with Crippen molar-refractivity contribution in [1.29, 1.82) is 0 Å². The second-order valence-corrected chi connectivity index (χ2v) is 10.8. The molecule has 0 fully saturated rings. The van der Waals surface area contributed by atoms with Crippen molar-refractivity contribution in [2.75, 3.05) is 7.11 Å². The number of nitrogens with one attached hydrogen (secondary N) is 1. The Balaban J connectivity index is 3.56. The minimum Gasteiger partial charge on any atom is -0.469 e. The number of carbonyl (C=O) groups excluding carboxylic acids is 1. The van der Waals surface area contributed by atoms with Crippen molar-refractivity contribution in [3.63, 3.8) is 0 Å². The smallest absolute Gasteiger partial charge is 0.311 e. The van der Waals surface area contributed by atoms with Gasteiger partial charge in [0, 0.05) is 4.47 Å². The predicted molar refractivity (Wildman–Crippen MR) is 108 cm³/mol. The molecule has 1 aromatic rings. The van der Waals surface area contributed by atoms with Crippen LogP contribution in [0.4, 0.5) is 0 Å². The topological polar surface area (TPSA) is 55.4 Å². The molecule has 1 rings (SSSR count). The van der Waals surface area contributed by atoms with E-state index in [-0.39, 0.29) is 11.9 Å². The van der Waals surface area contributed by atoms with Crippen molar-refractivity contribution in [1.82, 2.24) is 4.72 Å². The van der Waals surface area contributed by atoms with Gasteiger partial charge in [-0.2, -0.15) is 0 Å². The van der Waals surface area contributed by atoms with Crippen molar-refractivity contribution in [2.45, 2.75) is 51.8 Å². The van der Waals surface area contributed by atoms with Crippen molar-refractivity contribution in [3.05, 3.63) is 33.3 Å². The third-order valence-electron chi connectivity index (χ3n) is 4.12. The molecule has 25 heavy (non-hydrogen) atoms. The fourth-order valence-corrected chi connectivity index (χ4v) is 4.13. The summed E-state index contributed by atoms with van der Waals surface area (Å²) in [6.07, 6.45) is 0. The number of rotatable bonds is 6. The normalized spacial score (nSPS) is 17.0. The highest BCUT2D eigenvalue weighted by atomic mass is 79.9. The third-order valence-corrected chi connectivity index (χ3v) is 7.08. The van der Waals surface area contributed by atoms with Gasteiger partial charge in [0.15, 0.2) is 0 Å². The molecule has 0 heterocycles. The van der Waals surface area contributed by atoms with Crippen LogP contribution in [0.1, 0.15) is 47.1 Å². The largest absolute Gasteiger partial charge is 0.469 e. The van der Waals surface area contributed by atoms with Crippen LogP contribution >= 0.6 is 27.5 Å².